The van der Waals surface area contributed by atoms with Crippen molar-refractivity contribution in [2.75, 3.05) is 29.9 Å². The van der Waals surface area contributed by atoms with E-state index in [2.05, 4.69) is 20.2 Å². The average molecular weight is 264 g/mol. The third kappa shape index (κ3) is 4.39. The molecule has 0 amide bonds. The second-order valence-electron chi connectivity index (χ2n) is 4.71. The summed E-state index contributed by atoms with van der Waals surface area (Å²) in [7, 11) is 0. The van der Waals surface area contributed by atoms with Crippen molar-refractivity contribution in [1.29, 1.82) is 0 Å². The van der Waals surface area contributed by atoms with Crippen LogP contribution in [0.1, 0.15) is 32.1 Å². The molecule has 0 spiro atoms. The van der Waals surface area contributed by atoms with Gasteiger partial charge < -0.3 is 15.3 Å². The Labute approximate surface area is 112 Å². The molecule has 1 saturated heterocycles. The SMILES string of the molecule is O=C(O)CCCNc1ccnc(N2CCCCC2)n1. The normalized spacial score (nSPS) is 15.3. The van der Waals surface area contributed by atoms with Crippen molar-refractivity contribution in [2.45, 2.75) is 32.1 Å². The van der Waals surface area contributed by atoms with Gasteiger partial charge in [-0.05, 0) is 31.7 Å². The number of nitrogens with one attached hydrogen (secondary N) is 1. The summed E-state index contributed by atoms with van der Waals surface area (Å²) in [5.74, 6) is 0.766. The summed E-state index contributed by atoms with van der Waals surface area (Å²) in [6.45, 7) is 2.65. The fourth-order valence-electron chi connectivity index (χ4n) is 2.15. The van der Waals surface area contributed by atoms with Crippen LogP contribution in [0.4, 0.5) is 11.8 Å². The Kier molecular flexibility index (Phi) is 4.94. The molecule has 6 heteroatoms. The fourth-order valence-corrected chi connectivity index (χ4v) is 2.15. The van der Waals surface area contributed by atoms with Gasteiger partial charge in [0.05, 0.1) is 0 Å². The summed E-state index contributed by atoms with van der Waals surface area (Å²) in [6.07, 6.45) is 6.19. The molecule has 2 heterocycles. The third-order valence-electron chi connectivity index (χ3n) is 3.16. The minimum Gasteiger partial charge on any atom is -0.481 e. The quantitative estimate of drug-likeness (QED) is 0.762. The molecule has 0 bridgehead atoms. The van der Waals surface area contributed by atoms with Gasteiger partial charge in [0.2, 0.25) is 5.95 Å². The molecule has 0 radical (unpaired) electrons. The summed E-state index contributed by atoms with van der Waals surface area (Å²) in [4.78, 5) is 21.4. The van der Waals surface area contributed by atoms with E-state index in [-0.39, 0.29) is 6.42 Å². The van der Waals surface area contributed by atoms with Gasteiger partial charge in [0.25, 0.3) is 0 Å². The maximum atomic E-state index is 10.4. The minimum absolute atomic E-state index is 0.178. The van der Waals surface area contributed by atoms with E-state index in [1.807, 2.05) is 6.07 Å². The number of carbonyl (C=O) groups is 1. The molecular weight excluding hydrogens is 244 g/mol. The molecule has 2 rings (SSSR count). The summed E-state index contributed by atoms with van der Waals surface area (Å²) < 4.78 is 0. The third-order valence-corrected chi connectivity index (χ3v) is 3.16. The van der Waals surface area contributed by atoms with E-state index in [9.17, 15) is 4.79 Å². The average Bonchev–Trinajstić information content (AvgIpc) is 2.45. The number of hydrogen-bond donors (Lipinski definition) is 2. The van der Waals surface area contributed by atoms with Crippen LogP contribution in [0.25, 0.3) is 0 Å². The van der Waals surface area contributed by atoms with Crippen molar-refractivity contribution in [2.24, 2.45) is 0 Å². The van der Waals surface area contributed by atoms with E-state index in [4.69, 9.17) is 5.11 Å². The van der Waals surface area contributed by atoms with E-state index in [0.29, 0.717) is 13.0 Å². The molecule has 6 nitrogen and oxygen atoms in total. The lowest BCUT2D eigenvalue weighted by Gasteiger charge is -2.26. The van der Waals surface area contributed by atoms with Gasteiger partial charge >= 0.3 is 5.97 Å². The van der Waals surface area contributed by atoms with Crippen molar-refractivity contribution in [1.82, 2.24) is 9.97 Å². The maximum Gasteiger partial charge on any atom is 0.303 e. The molecule has 1 aromatic rings. The summed E-state index contributed by atoms with van der Waals surface area (Å²) in [5, 5.41) is 11.7. The molecule has 2 N–H and O–H groups in total. The molecule has 0 unspecified atom stereocenters. The zero-order valence-corrected chi connectivity index (χ0v) is 11.0. The molecule has 1 fully saturated rings. The van der Waals surface area contributed by atoms with Gasteiger partial charge in [-0.2, -0.15) is 4.98 Å². The molecular formula is C13H20N4O2. The van der Waals surface area contributed by atoms with Crippen molar-refractivity contribution in [3.05, 3.63) is 12.3 Å². The molecule has 19 heavy (non-hydrogen) atoms. The first-order valence-electron chi connectivity index (χ1n) is 6.79. The summed E-state index contributed by atoms with van der Waals surface area (Å²) in [5.41, 5.74) is 0. The van der Waals surface area contributed by atoms with Crippen LogP contribution in [0.3, 0.4) is 0 Å². The smallest absolute Gasteiger partial charge is 0.303 e. The lowest BCUT2D eigenvalue weighted by Crippen LogP contribution is -2.31. The molecule has 0 aromatic carbocycles. The molecule has 0 atom stereocenters. The number of aromatic nitrogens is 2. The van der Waals surface area contributed by atoms with Gasteiger partial charge in [0.15, 0.2) is 0 Å². The highest BCUT2D eigenvalue weighted by Gasteiger charge is 2.13. The second-order valence-corrected chi connectivity index (χ2v) is 4.71. The van der Waals surface area contributed by atoms with Crippen LogP contribution in [0.2, 0.25) is 0 Å². The van der Waals surface area contributed by atoms with Crippen molar-refractivity contribution >= 4 is 17.7 Å². The first-order chi connectivity index (χ1) is 9.25. The van der Waals surface area contributed by atoms with Gasteiger partial charge in [0.1, 0.15) is 5.82 Å². The Morgan fingerprint density at radius 2 is 2.16 bits per heavy atom. The Bertz CT molecular complexity index is 419. The van der Waals surface area contributed by atoms with Gasteiger partial charge in [-0.3, -0.25) is 4.79 Å². The Morgan fingerprint density at radius 3 is 2.89 bits per heavy atom. The van der Waals surface area contributed by atoms with E-state index >= 15 is 0 Å². The topological polar surface area (TPSA) is 78.3 Å². The zero-order valence-electron chi connectivity index (χ0n) is 11.0. The highest BCUT2D eigenvalue weighted by atomic mass is 16.4. The van der Waals surface area contributed by atoms with E-state index in [1.165, 1.54) is 19.3 Å². The van der Waals surface area contributed by atoms with E-state index in [1.54, 1.807) is 6.20 Å². The van der Waals surface area contributed by atoms with Crippen LogP contribution >= 0.6 is 0 Å². The lowest BCUT2D eigenvalue weighted by atomic mass is 10.1. The number of piperidine rings is 1. The van der Waals surface area contributed by atoms with Crippen molar-refractivity contribution in [3.8, 4) is 0 Å². The molecule has 0 saturated carbocycles. The van der Waals surface area contributed by atoms with Gasteiger partial charge in [-0.1, -0.05) is 0 Å². The largest absolute Gasteiger partial charge is 0.481 e. The van der Waals surface area contributed by atoms with Crippen LogP contribution < -0.4 is 10.2 Å². The first-order valence-corrected chi connectivity index (χ1v) is 6.79. The van der Waals surface area contributed by atoms with Gasteiger partial charge in [-0.25, -0.2) is 4.98 Å². The summed E-state index contributed by atoms with van der Waals surface area (Å²) in [6, 6.07) is 1.81. The zero-order chi connectivity index (χ0) is 13.5. The molecule has 0 aliphatic carbocycles. The first kappa shape index (κ1) is 13.6. The number of nitrogens with zero attached hydrogens (tertiary/aromatic N) is 3. The molecule has 1 aliphatic rings. The highest BCUT2D eigenvalue weighted by molar-refractivity contribution is 5.66. The van der Waals surface area contributed by atoms with Crippen LogP contribution in [-0.2, 0) is 4.79 Å². The van der Waals surface area contributed by atoms with Crippen LogP contribution in [0.15, 0.2) is 12.3 Å². The van der Waals surface area contributed by atoms with E-state index in [0.717, 1.165) is 24.9 Å². The van der Waals surface area contributed by atoms with Crippen LogP contribution in [0, 0.1) is 0 Å². The van der Waals surface area contributed by atoms with E-state index < -0.39 is 5.97 Å². The number of carboxylic acids is 1. The van der Waals surface area contributed by atoms with Gasteiger partial charge in [0, 0.05) is 32.3 Å². The Balaban J connectivity index is 1.85. The highest BCUT2D eigenvalue weighted by Crippen LogP contribution is 2.16. The monoisotopic (exact) mass is 264 g/mol. The molecule has 1 aromatic heterocycles. The number of anilines is 2. The Morgan fingerprint density at radius 1 is 1.37 bits per heavy atom. The Hall–Kier alpha value is -1.85. The second kappa shape index (κ2) is 6.92. The van der Waals surface area contributed by atoms with Gasteiger partial charge in [-0.15, -0.1) is 0 Å². The standard InChI is InChI=1S/C13H20N4O2/c18-12(19)5-4-7-14-11-6-8-15-13(16-11)17-9-2-1-3-10-17/h6,8H,1-5,7,9-10H2,(H,18,19)(H,14,15,16). The van der Waals surface area contributed by atoms with Crippen molar-refractivity contribution in [3.63, 3.8) is 0 Å². The maximum absolute atomic E-state index is 10.4. The predicted octanol–water partition coefficient (Wildman–Crippen LogP) is 1.74. The number of hydrogen-bond acceptors (Lipinski definition) is 5. The minimum atomic E-state index is -0.765. The van der Waals surface area contributed by atoms with Crippen LogP contribution in [0.5, 0.6) is 0 Å². The molecule has 104 valence electrons. The summed E-state index contributed by atoms with van der Waals surface area (Å²) >= 11 is 0. The predicted molar refractivity (Wildman–Crippen MR) is 73.5 cm³/mol. The molecule has 1 aliphatic heterocycles. The van der Waals surface area contributed by atoms with Crippen molar-refractivity contribution < 1.29 is 9.90 Å². The number of aliphatic carboxylic acids is 1. The lowest BCUT2D eigenvalue weighted by molar-refractivity contribution is -0.137. The number of rotatable bonds is 6. The fraction of sp³-hybridized carbons (Fsp3) is 0.615. The number of carboxylic acid groups (broad SMARTS) is 1. The van der Waals surface area contributed by atoms with Crippen LogP contribution in [-0.4, -0.2) is 40.7 Å².